The summed E-state index contributed by atoms with van der Waals surface area (Å²) in [6.07, 6.45) is -2.20. The number of alkyl halides is 3. The van der Waals surface area contributed by atoms with Crippen LogP contribution in [0.1, 0.15) is 39.3 Å². The van der Waals surface area contributed by atoms with Crippen molar-refractivity contribution in [2.45, 2.75) is 49.4 Å². The van der Waals surface area contributed by atoms with Gasteiger partial charge in [-0.25, -0.2) is 9.69 Å². The number of esters is 1. The van der Waals surface area contributed by atoms with Gasteiger partial charge in [0.2, 0.25) is 10.0 Å². The van der Waals surface area contributed by atoms with E-state index >= 15 is 0 Å². The monoisotopic (exact) mass is 502 g/mol. The standard InChI is InChI=1S/C17H21Cl3N2O7S/c1-10(23)28-14-13(21-30(25,26)27-9-17(18,19)20)11-7-5-6-8-12(11)22(14)15(24)29-16(2,3)4/h5-8,13-14,21H,9H2,1-4H3. The molecule has 2 unspecified atom stereocenters. The predicted molar refractivity (Wildman–Crippen MR) is 112 cm³/mol. The summed E-state index contributed by atoms with van der Waals surface area (Å²) in [7, 11) is -4.47. The fourth-order valence-electron chi connectivity index (χ4n) is 2.67. The zero-order valence-electron chi connectivity index (χ0n) is 16.5. The lowest BCUT2D eigenvalue weighted by Gasteiger charge is -2.30. The Kier molecular flexibility index (Phi) is 7.53. The maximum atomic E-state index is 12.8. The van der Waals surface area contributed by atoms with Gasteiger partial charge >= 0.3 is 22.4 Å². The molecule has 1 amide bonds. The van der Waals surface area contributed by atoms with Gasteiger partial charge in [0.15, 0.2) is 0 Å². The van der Waals surface area contributed by atoms with E-state index in [9.17, 15) is 18.0 Å². The van der Waals surface area contributed by atoms with Crippen molar-refractivity contribution in [1.29, 1.82) is 0 Å². The first-order valence-corrected chi connectivity index (χ1v) is 11.2. The van der Waals surface area contributed by atoms with Gasteiger partial charge in [-0.2, -0.15) is 13.1 Å². The first-order chi connectivity index (χ1) is 13.6. The lowest BCUT2D eigenvalue weighted by Crippen LogP contribution is -2.48. The van der Waals surface area contributed by atoms with E-state index in [1.165, 1.54) is 0 Å². The number of halogens is 3. The van der Waals surface area contributed by atoms with Crippen molar-refractivity contribution in [3.63, 3.8) is 0 Å². The maximum Gasteiger partial charge on any atom is 0.417 e. The van der Waals surface area contributed by atoms with Crippen LogP contribution in [-0.2, 0) is 28.8 Å². The number of carbonyl (C=O) groups is 2. The van der Waals surface area contributed by atoms with E-state index in [2.05, 4.69) is 4.72 Å². The van der Waals surface area contributed by atoms with Crippen LogP contribution in [0.2, 0.25) is 0 Å². The molecule has 0 saturated carbocycles. The Morgan fingerprint density at radius 2 is 1.77 bits per heavy atom. The van der Waals surface area contributed by atoms with Crippen LogP contribution in [0.15, 0.2) is 24.3 Å². The van der Waals surface area contributed by atoms with Crippen LogP contribution in [-0.4, -0.2) is 42.7 Å². The van der Waals surface area contributed by atoms with Crippen LogP contribution in [0.5, 0.6) is 0 Å². The van der Waals surface area contributed by atoms with E-state index in [4.69, 9.17) is 48.5 Å². The summed E-state index contributed by atoms with van der Waals surface area (Å²) in [4.78, 5) is 25.6. The van der Waals surface area contributed by atoms with Gasteiger partial charge in [-0.15, -0.1) is 0 Å². The van der Waals surface area contributed by atoms with Gasteiger partial charge < -0.3 is 9.47 Å². The number of ether oxygens (including phenoxy) is 2. The fraction of sp³-hybridized carbons (Fsp3) is 0.529. The summed E-state index contributed by atoms with van der Waals surface area (Å²) in [5, 5.41) is 0. The maximum absolute atomic E-state index is 12.8. The Hall–Kier alpha value is -1.30. The molecule has 0 aromatic heterocycles. The third kappa shape index (κ3) is 6.86. The number of nitrogens with one attached hydrogen (secondary N) is 1. The predicted octanol–water partition coefficient (Wildman–Crippen LogP) is 3.59. The van der Waals surface area contributed by atoms with Crippen molar-refractivity contribution in [1.82, 2.24) is 4.72 Å². The summed E-state index contributed by atoms with van der Waals surface area (Å²) in [6, 6.07) is 5.20. The summed E-state index contributed by atoms with van der Waals surface area (Å²) < 4.78 is 40.4. The van der Waals surface area contributed by atoms with E-state index in [0.29, 0.717) is 11.3 Å². The first-order valence-electron chi connectivity index (χ1n) is 8.61. The van der Waals surface area contributed by atoms with Crippen molar-refractivity contribution in [3.05, 3.63) is 29.8 Å². The summed E-state index contributed by atoms with van der Waals surface area (Å²) in [6.45, 7) is 5.37. The number of carbonyl (C=O) groups excluding carboxylic acids is 2. The van der Waals surface area contributed by atoms with Crippen LogP contribution in [0.4, 0.5) is 10.5 Å². The average Bonchev–Trinajstić information content (AvgIpc) is 2.84. The van der Waals surface area contributed by atoms with Crippen LogP contribution in [0.25, 0.3) is 0 Å². The van der Waals surface area contributed by atoms with E-state index in [1.54, 1.807) is 45.0 Å². The Labute approximate surface area is 189 Å². The Morgan fingerprint density at radius 1 is 1.17 bits per heavy atom. The molecule has 1 heterocycles. The molecule has 1 aliphatic heterocycles. The molecule has 0 spiro atoms. The van der Waals surface area contributed by atoms with Crippen molar-refractivity contribution in [2.75, 3.05) is 11.5 Å². The second kappa shape index (κ2) is 9.05. The Morgan fingerprint density at radius 3 is 2.30 bits per heavy atom. The van der Waals surface area contributed by atoms with Crippen molar-refractivity contribution < 1.29 is 31.7 Å². The number of rotatable bonds is 5. The molecule has 2 atom stereocenters. The fourth-order valence-corrected chi connectivity index (χ4v) is 3.98. The number of anilines is 1. The largest absolute Gasteiger partial charge is 0.443 e. The van der Waals surface area contributed by atoms with Gasteiger partial charge in [-0.3, -0.25) is 8.98 Å². The summed E-state index contributed by atoms with van der Waals surface area (Å²) in [5.74, 6) is -0.743. The molecular formula is C17H21Cl3N2O7S. The normalized spacial score (nSPS) is 19.4. The number of para-hydroxylation sites is 1. The van der Waals surface area contributed by atoms with Crippen molar-refractivity contribution >= 4 is 62.9 Å². The molecular weight excluding hydrogens is 483 g/mol. The minimum absolute atomic E-state index is 0.298. The molecule has 1 N–H and O–H groups in total. The third-order valence-corrected chi connectivity index (χ3v) is 4.90. The second-order valence-electron chi connectivity index (χ2n) is 7.34. The Bertz CT molecular complexity index is 913. The molecule has 30 heavy (non-hydrogen) atoms. The van der Waals surface area contributed by atoms with E-state index in [-0.39, 0.29) is 0 Å². The van der Waals surface area contributed by atoms with Gasteiger partial charge in [0, 0.05) is 6.92 Å². The summed E-state index contributed by atoms with van der Waals surface area (Å²) in [5.41, 5.74) is -0.194. The van der Waals surface area contributed by atoms with E-state index in [1.807, 2.05) is 0 Å². The third-order valence-electron chi connectivity index (χ3n) is 3.60. The molecule has 168 valence electrons. The zero-order valence-corrected chi connectivity index (χ0v) is 19.6. The van der Waals surface area contributed by atoms with E-state index < -0.39 is 50.6 Å². The van der Waals surface area contributed by atoms with E-state index in [0.717, 1.165) is 11.8 Å². The molecule has 2 rings (SSSR count). The topological polar surface area (TPSA) is 111 Å². The van der Waals surface area contributed by atoms with Crippen LogP contribution < -0.4 is 9.62 Å². The second-order valence-corrected chi connectivity index (χ2v) is 11.2. The van der Waals surface area contributed by atoms with Gasteiger partial charge in [-0.1, -0.05) is 53.0 Å². The minimum atomic E-state index is -4.47. The average molecular weight is 504 g/mol. The number of nitrogens with zero attached hydrogens (tertiary/aromatic N) is 1. The number of hydrogen-bond acceptors (Lipinski definition) is 7. The molecule has 13 heteroatoms. The number of fused-ring (bicyclic) bond motifs is 1. The van der Waals surface area contributed by atoms with Gasteiger partial charge in [0.25, 0.3) is 0 Å². The number of amides is 1. The SMILES string of the molecule is CC(=O)OC1C(NS(=O)(=O)OCC(Cl)(Cl)Cl)c2ccccc2N1C(=O)OC(C)(C)C. The lowest BCUT2D eigenvalue weighted by molar-refractivity contribution is -0.147. The van der Waals surface area contributed by atoms with Gasteiger partial charge in [-0.05, 0) is 32.4 Å². The van der Waals surface area contributed by atoms with Crippen molar-refractivity contribution in [3.8, 4) is 0 Å². The summed E-state index contributed by atoms with van der Waals surface area (Å²) >= 11 is 16.6. The molecule has 1 aromatic rings. The zero-order chi connectivity index (χ0) is 22.9. The molecule has 9 nitrogen and oxygen atoms in total. The van der Waals surface area contributed by atoms with Gasteiger partial charge in [0.1, 0.15) is 18.2 Å². The molecule has 0 radical (unpaired) electrons. The minimum Gasteiger partial charge on any atom is -0.443 e. The number of hydrogen-bond donors (Lipinski definition) is 1. The molecule has 1 aromatic carbocycles. The highest BCUT2D eigenvalue weighted by Gasteiger charge is 2.47. The Balaban J connectivity index is 2.43. The highest BCUT2D eigenvalue weighted by molar-refractivity contribution is 7.84. The quantitative estimate of drug-likeness (QED) is 0.483. The smallest absolute Gasteiger partial charge is 0.417 e. The highest BCUT2D eigenvalue weighted by Crippen LogP contribution is 2.41. The molecule has 0 bridgehead atoms. The lowest BCUT2D eigenvalue weighted by atomic mass is 10.1. The van der Waals surface area contributed by atoms with Crippen LogP contribution >= 0.6 is 34.8 Å². The van der Waals surface area contributed by atoms with Crippen LogP contribution in [0.3, 0.4) is 0 Å². The number of benzene rings is 1. The van der Waals surface area contributed by atoms with Crippen LogP contribution in [0, 0.1) is 0 Å². The molecule has 0 fully saturated rings. The van der Waals surface area contributed by atoms with Crippen molar-refractivity contribution in [2.24, 2.45) is 0 Å². The molecule has 0 saturated heterocycles. The molecule has 1 aliphatic rings. The highest BCUT2D eigenvalue weighted by atomic mass is 35.6. The van der Waals surface area contributed by atoms with Gasteiger partial charge in [0.05, 0.1) is 5.69 Å². The first kappa shape index (κ1) is 25.0. The molecule has 0 aliphatic carbocycles.